The second kappa shape index (κ2) is 7.90. The first-order valence-corrected chi connectivity index (χ1v) is 7.25. The number of hydrogen-bond acceptors (Lipinski definition) is 5. The Morgan fingerprint density at radius 1 is 1.64 bits per heavy atom. The number of ether oxygens (including phenoxy) is 2. The zero-order valence-electron chi connectivity index (χ0n) is 12.0. The predicted octanol–water partition coefficient (Wildman–Crippen LogP) is 0.652. The number of amides is 1. The normalized spacial score (nSPS) is 17.5. The Hall–Kier alpha value is -1.94. The fourth-order valence-electron chi connectivity index (χ4n) is 2.04. The second-order valence-electron chi connectivity index (χ2n) is 4.77. The maximum Gasteiger partial charge on any atom is 0.255 e. The topological polar surface area (TPSA) is 85.6 Å². The lowest BCUT2D eigenvalue weighted by atomic mass is 10.1. The van der Waals surface area contributed by atoms with Crippen molar-refractivity contribution in [1.82, 2.24) is 10.6 Å². The van der Waals surface area contributed by atoms with Crippen molar-refractivity contribution in [1.29, 1.82) is 0 Å². The highest BCUT2D eigenvalue weighted by Gasteiger charge is 2.18. The van der Waals surface area contributed by atoms with Crippen LogP contribution in [0.3, 0.4) is 0 Å². The molecule has 1 fully saturated rings. The minimum atomic E-state index is -0.317. The number of carbonyl (C=O) groups excluding carboxylic acids is 1. The zero-order chi connectivity index (χ0) is 15.9. The molecule has 4 N–H and O–H groups in total. The van der Waals surface area contributed by atoms with Crippen molar-refractivity contribution in [3.05, 3.63) is 22.7 Å². The first kappa shape index (κ1) is 16.4. The summed E-state index contributed by atoms with van der Waals surface area (Å²) in [6.07, 6.45) is 5.11. The molecule has 1 aromatic carbocycles. The van der Waals surface area contributed by atoms with Gasteiger partial charge in [0.1, 0.15) is 12.4 Å². The molecular weight excluding hydrogens is 306 g/mol. The average Bonchev–Trinajstić information content (AvgIpc) is 2.54. The van der Waals surface area contributed by atoms with Gasteiger partial charge in [-0.05, 0) is 6.07 Å². The maximum atomic E-state index is 12.3. The van der Waals surface area contributed by atoms with E-state index >= 15 is 0 Å². The third-order valence-electron chi connectivity index (χ3n) is 3.15. The lowest BCUT2D eigenvalue weighted by Gasteiger charge is -2.24. The quantitative estimate of drug-likeness (QED) is 0.547. The number of halogens is 1. The van der Waals surface area contributed by atoms with Crippen LogP contribution in [-0.2, 0) is 4.74 Å². The molecule has 0 aliphatic carbocycles. The fraction of sp³-hybridized carbons (Fsp3) is 0.400. The summed E-state index contributed by atoms with van der Waals surface area (Å²) in [7, 11) is 0. The summed E-state index contributed by atoms with van der Waals surface area (Å²) in [6.45, 7) is 2.58. The molecule has 1 atom stereocenters. The highest BCUT2D eigenvalue weighted by atomic mass is 35.5. The molecule has 118 valence electrons. The third kappa shape index (κ3) is 4.28. The Bertz CT molecular complexity index is 580. The number of rotatable bonds is 5. The van der Waals surface area contributed by atoms with Crippen molar-refractivity contribution in [2.45, 2.75) is 6.10 Å². The smallest absolute Gasteiger partial charge is 0.255 e. The van der Waals surface area contributed by atoms with Crippen LogP contribution >= 0.6 is 11.6 Å². The molecule has 1 aliphatic rings. The van der Waals surface area contributed by atoms with E-state index in [1.807, 2.05) is 0 Å². The van der Waals surface area contributed by atoms with Gasteiger partial charge in [-0.25, -0.2) is 0 Å². The van der Waals surface area contributed by atoms with Crippen molar-refractivity contribution in [2.75, 3.05) is 38.6 Å². The molecule has 0 spiro atoms. The molecule has 6 nitrogen and oxygen atoms in total. The highest BCUT2D eigenvalue weighted by Crippen LogP contribution is 2.29. The summed E-state index contributed by atoms with van der Waals surface area (Å²) in [5, 5.41) is 6.28. The Balaban J connectivity index is 2.06. The molecule has 1 aromatic rings. The van der Waals surface area contributed by atoms with E-state index in [2.05, 4.69) is 16.6 Å². The molecule has 1 amide bonds. The summed E-state index contributed by atoms with van der Waals surface area (Å²) >= 11 is 5.98. The van der Waals surface area contributed by atoms with Crippen LogP contribution < -0.4 is 21.1 Å². The monoisotopic (exact) mass is 323 g/mol. The number of hydrogen-bond donors (Lipinski definition) is 3. The molecule has 0 radical (unpaired) electrons. The van der Waals surface area contributed by atoms with Crippen molar-refractivity contribution < 1.29 is 14.3 Å². The summed E-state index contributed by atoms with van der Waals surface area (Å²) < 4.78 is 10.9. The molecule has 22 heavy (non-hydrogen) atoms. The largest absolute Gasteiger partial charge is 0.480 e. The molecule has 1 aliphatic heterocycles. The number of nitrogens with two attached hydrogens (primary N) is 1. The number of terminal acetylenes is 1. The number of carbonyl (C=O) groups is 1. The van der Waals surface area contributed by atoms with Gasteiger partial charge < -0.3 is 25.8 Å². The van der Waals surface area contributed by atoms with E-state index in [1.54, 1.807) is 0 Å². The Labute approximate surface area is 134 Å². The van der Waals surface area contributed by atoms with Crippen LogP contribution in [0.4, 0.5) is 5.69 Å². The number of nitrogen functional groups attached to an aromatic ring is 1. The van der Waals surface area contributed by atoms with Crippen molar-refractivity contribution in [2.24, 2.45) is 0 Å². The van der Waals surface area contributed by atoms with Crippen LogP contribution in [0.15, 0.2) is 12.1 Å². The number of benzene rings is 1. The standard InChI is InChI=1S/C15H18ClN3O3/c1-2-4-22-14-7-13(17)12(16)6-11(14)15(20)19-9-10-8-18-3-5-21-10/h1,6-7,10,18H,3-5,8-9,17H2,(H,19,20). The van der Waals surface area contributed by atoms with Crippen molar-refractivity contribution in [3.63, 3.8) is 0 Å². The number of anilines is 1. The van der Waals surface area contributed by atoms with E-state index in [9.17, 15) is 4.79 Å². The minimum absolute atomic E-state index is 0.0387. The SMILES string of the molecule is C#CCOc1cc(N)c(Cl)cc1C(=O)NCC1CNCCO1. The van der Waals surface area contributed by atoms with Gasteiger partial charge in [0.2, 0.25) is 0 Å². The van der Waals surface area contributed by atoms with E-state index in [4.69, 9.17) is 33.2 Å². The van der Waals surface area contributed by atoms with E-state index < -0.39 is 0 Å². The van der Waals surface area contributed by atoms with Gasteiger partial charge in [-0.1, -0.05) is 17.5 Å². The van der Waals surface area contributed by atoms with E-state index in [1.165, 1.54) is 12.1 Å². The highest BCUT2D eigenvalue weighted by molar-refractivity contribution is 6.33. The van der Waals surface area contributed by atoms with Gasteiger partial charge in [0, 0.05) is 25.7 Å². The van der Waals surface area contributed by atoms with Gasteiger partial charge in [-0.2, -0.15) is 0 Å². The molecule has 7 heteroatoms. The molecule has 0 bridgehead atoms. The predicted molar refractivity (Wildman–Crippen MR) is 85.1 cm³/mol. The van der Waals surface area contributed by atoms with Crippen LogP contribution in [0.1, 0.15) is 10.4 Å². The van der Waals surface area contributed by atoms with E-state index in [0.717, 1.165) is 6.54 Å². The molecule has 1 heterocycles. The van der Waals surface area contributed by atoms with Crippen LogP contribution in [0.2, 0.25) is 5.02 Å². The summed E-state index contributed by atoms with van der Waals surface area (Å²) in [6, 6.07) is 2.96. The molecule has 1 saturated heterocycles. The van der Waals surface area contributed by atoms with Gasteiger partial charge in [0.05, 0.1) is 29.0 Å². The lowest BCUT2D eigenvalue weighted by Crippen LogP contribution is -2.45. The molecular formula is C15H18ClN3O3. The average molecular weight is 324 g/mol. The number of nitrogens with one attached hydrogen (secondary N) is 2. The van der Waals surface area contributed by atoms with Gasteiger partial charge in [0.25, 0.3) is 5.91 Å². The second-order valence-corrected chi connectivity index (χ2v) is 5.18. The summed E-state index contributed by atoms with van der Waals surface area (Å²) in [5.74, 6) is 2.33. The van der Waals surface area contributed by atoms with Crippen LogP contribution in [0, 0.1) is 12.3 Å². The summed E-state index contributed by atoms with van der Waals surface area (Å²) in [5.41, 5.74) is 6.34. The molecule has 1 unspecified atom stereocenters. The first-order chi connectivity index (χ1) is 10.6. The molecule has 0 saturated carbocycles. The first-order valence-electron chi connectivity index (χ1n) is 6.87. The van der Waals surface area contributed by atoms with Crippen LogP contribution in [0.5, 0.6) is 5.75 Å². The zero-order valence-corrected chi connectivity index (χ0v) is 12.8. The fourth-order valence-corrected chi connectivity index (χ4v) is 2.20. The van der Waals surface area contributed by atoms with Crippen LogP contribution in [-0.4, -0.2) is 44.9 Å². The van der Waals surface area contributed by atoms with Crippen molar-refractivity contribution in [3.8, 4) is 18.1 Å². The van der Waals surface area contributed by atoms with Crippen LogP contribution in [0.25, 0.3) is 0 Å². The lowest BCUT2D eigenvalue weighted by molar-refractivity contribution is 0.0287. The Morgan fingerprint density at radius 3 is 3.14 bits per heavy atom. The Morgan fingerprint density at radius 2 is 2.45 bits per heavy atom. The van der Waals surface area contributed by atoms with Gasteiger partial charge >= 0.3 is 0 Å². The Kier molecular flexibility index (Phi) is 5.90. The minimum Gasteiger partial charge on any atom is -0.480 e. The molecule has 2 rings (SSSR count). The van der Waals surface area contributed by atoms with Gasteiger partial charge in [-0.3, -0.25) is 4.79 Å². The van der Waals surface area contributed by atoms with E-state index in [-0.39, 0.29) is 23.6 Å². The number of morpholine rings is 1. The van der Waals surface area contributed by atoms with E-state index in [0.29, 0.717) is 36.7 Å². The molecule has 0 aromatic heterocycles. The van der Waals surface area contributed by atoms with Crippen molar-refractivity contribution >= 4 is 23.2 Å². The van der Waals surface area contributed by atoms with Gasteiger partial charge in [0.15, 0.2) is 0 Å². The van der Waals surface area contributed by atoms with Gasteiger partial charge in [-0.15, -0.1) is 6.42 Å². The summed E-state index contributed by atoms with van der Waals surface area (Å²) in [4.78, 5) is 12.3. The maximum absolute atomic E-state index is 12.3. The third-order valence-corrected chi connectivity index (χ3v) is 3.48.